The summed E-state index contributed by atoms with van der Waals surface area (Å²) < 4.78 is 5.78. The van der Waals surface area contributed by atoms with E-state index in [1.165, 1.54) is 16.2 Å². The van der Waals surface area contributed by atoms with Crippen LogP contribution in [0.2, 0.25) is 0 Å². The van der Waals surface area contributed by atoms with Crippen molar-refractivity contribution in [2.24, 2.45) is 0 Å². The molecule has 0 aliphatic rings. The third-order valence-corrected chi connectivity index (χ3v) is 3.95. The van der Waals surface area contributed by atoms with E-state index in [0.717, 1.165) is 11.5 Å². The summed E-state index contributed by atoms with van der Waals surface area (Å²) in [5.41, 5.74) is 6.53. The minimum Gasteiger partial charge on any atom is -0.486 e. The van der Waals surface area contributed by atoms with Gasteiger partial charge in [-0.1, -0.05) is 0 Å². The third-order valence-electron chi connectivity index (χ3n) is 2.66. The van der Waals surface area contributed by atoms with Crippen LogP contribution in [-0.2, 0) is 0 Å². The van der Waals surface area contributed by atoms with Crippen molar-refractivity contribution in [2.75, 3.05) is 38.3 Å². The fourth-order valence-electron chi connectivity index (χ4n) is 1.52. The molecule has 0 aliphatic carbocycles. The zero-order valence-electron chi connectivity index (χ0n) is 12.5. The van der Waals surface area contributed by atoms with E-state index in [9.17, 15) is 4.79 Å². The summed E-state index contributed by atoms with van der Waals surface area (Å²) in [6, 6.07) is 0. The van der Waals surface area contributed by atoms with Gasteiger partial charge in [0.05, 0.1) is 6.10 Å². The van der Waals surface area contributed by atoms with Gasteiger partial charge in [-0.15, -0.1) is 11.3 Å². The molecule has 0 saturated heterocycles. The van der Waals surface area contributed by atoms with E-state index in [2.05, 4.69) is 0 Å². The largest absolute Gasteiger partial charge is 0.486 e. The van der Waals surface area contributed by atoms with Crippen LogP contribution in [-0.4, -0.2) is 44.6 Å². The molecule has 6 heteroatoms. The van der Waals surface area contributed by atoms with Gasteiger partial charge in [0.2, 0.25) is 0 Å². The monoisotopic (exact) mass is 285 g/mol. The van der Waals surface area contributed by atoms with Gasteiger partial charge in [0, 0.05) is 27.7 Å². The maximum atomic E-state index is 12.1. The molecule has 0 aromatic carbocycles. The fourth-order valence-corrected chi connectivity index (χ4v) is 2.72. The first kappa shape index (κ1) is 15.6. The van der Waals surface area contributed by atoms with E-state index in [1.807, 2.05) is 32.7 Å². The molecule has 0 atom stereocenters. The summed E-state index contributed by atoms with van der Waals surface area (Å²) in [7, 11) is 5.39. The van der Waals surface area contributed by atoms with Gasteiger partial charge in [0.25, 0.3) is 5.91 Å². The van der Waals surface area contributed by atoms with Gasteiger partial charge in [0.1, 0.15) is 15.6 Å². The number of carbonyl (C=O) groups excluding carboxylic acids is 1. The van der Waals surface area contributed by atoms with Gasteiger partial charge >= 0.3 is 0 Å². The zero-order valence-corrected chi connectivity index (χ0v) is 13.3. The molecule has 0 saturated carbocycles. The molecule has 1 amide bonds. The van der Waals surface area contributed by atoms with Crippen LogP contribution >= 0.6 is 11.3 Å². The number of nitrogen functional groups attached to an aromatic ring is 1. The number of hydrogen-bond acceptors (Lipinski definition) is 5. The van der Waals surface area contributed by atoms with Crippen molar-refractivity contribution in [1.82, 2.24) is 4.90 Å². The van der Waals surface area contributed by atoms with Gasteiger partial charge in [-0.05, 0) is 20.8 Å². The maximum Gasteiger partial charge on any atom is 0.265 e. The molecular formula is C13H23N3O2S. The molecule has 0 aliphatic heterocycles. The van der Waals surface area contributed by atoms with Crippen molar-refractivity contribution in [3.05, 3.63) is 4.88 Å². The summed E-state index contributed by atoms with van der Waals surface area (Å²) in [4.78, 5) is 16.2. The van der Waals surface area contributed by atoms with Gasteiger partial charge in [-0.3, -0.25) is 4.79 Å². The Morgan fingerprint density at radius 2 is 1.95 bits per heavy atom. The zero-order chi connectivity index (χ0) is 14.7. The predicted octanol–water partition coefficient (Wildman–Crippen LogP) is 2.28. The number of ether oxygens (including phenoxy) is 1. The summed E-state index contributed by atoms with van der Waals surface area (Å²) in [5, 5.41) is 0.902. The highest BCUT2D eigenvalue weighted by Gasteiger charge is 2.25. The molecule has 1 rings (SSSR count). The van der Waals surface area contributed by atoms with Crippen molar-refractivity contribution in [3.8, 4) is 5.75 Å². The third kappa shape index (κ3) is 3.32. The molecule has 0 fully saturated rings. The lowest BCUT2D eigenvalue weighted by atomic mass is 10.3. The molecule has 19 heavy (non-hydrogen) atoms. The smallest absolute Gasteiger partial charge is 0.265 e. The number of amides is 1. The summed E-state index contributed by atoms with van der Waals surface area (Å²) in [5.74, 6) is 0.529. The van der Waals surface area contributed by atoms with E-state index in [1.54, 1.807) is 14.1 Å². The van der Waals surface area contributed by atoms with Crippen LogP contribution in [0.25, 0.3) is 0 Å². The molecular weight excluding hydrogens is 262 g/mol. The van der Waals surface area contributed by atoms with Gasteiger partial charge in [0.15, 0.2) is 5.75 Å². The first-order valence-electron chi connectivity index (χ1n) is 6.31. The van der Waals surface area contributed by atoms with Crippen molar-refractivity contribution >= 4 is 27.9 Å². The number of anilines is 2. The topological polar surface area (TPSA) is 58.8 Å². The number of nitrogens with two attached hydrogens (primary N) is 1. The minimum absolute atomic E-state index is 0.0169. The Balaban J connectivity index is 3.30. The number of hydrogen-bond donors (Lipinski definition) is 1. The highest BCUT2D eigenvalue weighted by Crippen LogP contribution is 2.45. The van der Waals surface area contributed by atoms with E-state index in [-0.39, 0.29) is 12.0 Å². The first-order chi connectivity index (χ1) is 8.79. The normalized spacial score (nSPS) is 10.7. The average molecular weight is 285 g/mol. The SMILES string of the molecule is CCN(C)c1sc(C(=O)N(C)C)c(N)c1OC(C)C. The Kier molecular flexibility index (Phi) is 5.05. The number of thiophene rings is 1. The molecule has 1 aromatic heterocycles. The molecule has 0 unspecified atom stereocenters. The van der Waals surface area contributed by atoms with Crippen LogP contribution in [0, 0.1) is 0 Å². The van der Waals surface area contributed by atoms with Gasteiger partial charge in [-0.2, -0.15) is 0 Å². The molecule has 0 spiro atoms. The fraction of sp³-hybridized carbons (Fsp3) is 0.615. The lowest BCUT2D eigenvalue weighted by Crippen LogP contribution is -2.21. The molecule has 0 bridgehead atoms. The lowest BCUT2D eigenvalue weighted by molar-refractivity contribution is 0.0833. The quantitative estimate of drug-likeness (QED) is 0.901. The van der Waals surface area contributed by atoms with E-state index >= 15 is 0 Å². The van der Waals surface area contributed by atoms with Crippen molar-refractivity contribution in [3.63, 3.8) is 0 Å². The predicted molar refractivity (Wildman–Crippen MR) is 81.5 cm³/mol. The Hall–Kier alpha value is -1.43. The highest BCUT2D eigenvalue weighted by atomic mass is 32.1. The average Bonchev–Trinajstić information content (AvgIpc) is 2.65. The van der Waals surface area contributed by atoms with Crippen molar-refractivity contribution in [2.45, 2.75) is 26.9 Å². The van der Waals surface area contributed by atoms with Crippen LogP contribution in [0.15, 0.2) is 0 Å². The summed E-state index contributed by atoms with van der Waals surface area (Å²) in [6.07, 6.45) is 0.0169. The van der Waals surface area contributed by atoms with Crippen LogP contribution in [0.1, 0.15) is 30.4 Å². The minimum atomic E-state index is -0.0909. The van der Waals surface area contributed by atoms with Crippen LogP contribution in [0.5, 0.6) is 5.75 Å². The van der Waals surface area contributed by atoms with Crippen LogP contribution in [0.3, 0.4) is 0 Å². The van der Waals surface area contributed by atoms with Gasteiger partial charge < -0.3 is 20.3 Å². The molecule has 0 radical (unpaired) electrons. The molecule has 108 valence electrons. The summed E-state index contributed by atoms with van der Waals surface area (Å²) in [6.45, 7) is 6.76. The Morgan fingerprint density at radius 1 is 1.37 bits per heavy atom. The second-order valence-corrected chi connectivity index (χ2v) is 5.86. The van der Waals surface area contributed by atoms with E-state index < -0.39 is 0 Å². The molecule has 1 aromatic rings. The van der Waals surface area contributed by atoms with E-state index in [4.69, 9.17) is 10.5 Å². The standard InChI is InChI=1S/C13H23N3O2S/c1-7-16(6)13-10(18-8(2)3)9(14)11(19-13)12(17)15(4)5/h8H,7,14H2,1-6H3. The lowest BCUT2D eigenvalue weighted by Gasteiger charge is -2.18. The Labute approximate surface area is 118 Å². The second kappa shape index (κ2) is 6.14. The molecule has 2 N–H and O–H groups in total. The van der Waals surface area contributed by atoms with Gasteiger partial charge in [-0.25, -0.2) is 0 Å². The Bertz CT molecular complexity index is 455. The van der Waals surface area contributed by atoms with Crippen molar-refractivity contribution < 1.29 is 9.53 Å². The molecule has 5 nitrogen and oxygen atoms in total. The number of nitrogens with zero attached hydrogens (tertiary/aromatic N) is 2. The van der Waals surface area contributed by atoms with Crippen LogP contribution in [0.4, 0.5) is 10.7 Å². The number of rotatable bonds is 5. The Morgan fingerprint density at radius 3 is 2.37 bits per heavy atom. The maximum absolute atomic E-state index is 12.1. The molecule has 1 heterocycles. The second-order valence-electron chi connectivity index (χ2n) is 4.86. The van der Waals surface area contributed by atoms with E-state index in [0.29, 0.717) is 16.3 Å². The first-order valence-corrected chi connectivity index (χ1v) is 7.12. The van der Waals surface area contributed by atoms with Crippen molar-refractivity contribution in [1.29, 1.82) is 0 Å². The summed E-state index contributed by atoms with van der Waals surface area (Å²) >= 11 is 1.38. The highest BCUT2D eigenvalue weighted by molar-refractivity contribution is 7.19. The number of carbonyl (C=O) groups is 1. The van der Waals surface area contributed by atoms with Crippen LogP contribution < -0.4 is 15.4 Å².